The van der Waals surface area contributed by atoms with Gasteiger partial charge in [-0.3, -0.25) is 14.4 Å². The fourth-order valence-corrected chi connectivity index (χ4v) is 5.35. The number of nitrogens with one attached hydrogen (secondary N) is 1. The predicted octanol–water partition coefficient (Wildman–Crippen LogP) is 3.65. The third-order valence-corrected chi connectivity index (χ3v) is 6.68. The maximum absolute atomic E-state index is 13.5. The number of carbonyl (C=O) groups is 3. The van der Waals surface area contributed by atoms with E-state index in [9.17, 15) is 31.9 Å². The average molecular weight is 477 g/mol. The molecule has 0 unspecified atom stereocenters. The van der Waals surface area contributed by atoms with Crippen molar-refractivity contribution in [2.24, 2.45) is 5.41 Å². The summed E-state index contributed by atoms with van der Waals surface area (Å²) in [5.74, 6) is -5.73. The molecule has 0 saturated heterocycles. The molecule has 1 amide bonds. The summed E-state index contributed by atoms with van der Waals surface area (Å²) in [7, 11) is 0. The van der Waals surface area contributed by atoms with E-state index in [1.165, 1.54) is 6.07 Å². The number of ketones is 2. The third-order valence-electron chi connectivity index (χ3n) is 6.68. The van der Waals surface area contributed by atoms with E-state index in [0.29, 0.717) is 19.3 Å². The lowest BCUT2D eigenvalue weighted by atomic mass is 9.38. The molecule has 3 saturated carbocycles. The number of ether oxygens (including phenoxy) is 2. The summed E-state index contributed by atoms with van der Waals surface area (Å²) in [5.41, 5.74) is -0.821. The Kier molecular flexibility index (Phi) is 5.14. The van der Waals surface area contributed by atoms with Crippen LogP contribution in [0.15, 0.2) is 30.3 Å². The highest BCUT2D eigenvalue weighted by Gasteiger charge is 2.68. The first kappa shape index (κ1) is 22.4. The Hall–Kier alpha value is -3.43. The minimum absolute atomic E-state index is 0.0277. The molecule has 1 atom stereocenters. The zero-order valence-corrected chi connectivity index (χ0v) is 17.8. The van der Waals surface area contributed by atoms with Crippen LogP contribution >= 0.6 is 0 Å². The maximum atomic E-state index is 13.5. The van der Waals surface area contributed by atoms with Crippen LogP contribution in [0, 0.1) is 28.7 Å². The number of halogens is 4. The van der Waals surface area contributed by atoms with Gasteiger partial charge >= 0.3 is 0 Å². The number of benzene rings is 2. The topological polar surface area (TPSA) is 81.7 Å². The highest BCUT2D eigenvalue weighted by atomic mass is 19.2. The van der Waals surface area contributed by atoms with Crippen molar-refractivity contribution in [2.75, 3.05) is 6.61 Å². The van der Waals surface area contributed by atoms with Gasteiger partial charge in [0.2, 0.25) is 0 Å². The third kappa shape index (κ3) is 3.91. The molecule has 6 rings (SSSR count). The predicted molar refractivity (Wildman–Crippen MR) is 108 cm³/mol. The molecule has 1 N–H and O–H groups in total. The highest BCUT2D eigenvalue weighted by Crippen LogP contribution is 2.69. The van der Waals surface area contributed by atoms with E-state index < -0.39 is 46.6 Å². The monoisotopic (exact) mass is 477 g/mol. The molecule has 2 aromatic carbocycles. The number of rotatable bonds is 7. The molecule has 178 valence electrons. The zero-order valence-electron chi connectivity index (χ0n) is 17.8. The van der Waals surface area contributed by atoms with Gasteiger partial charge < -0.3 is 14.8 Å². The minimum Gasteiger partial charge on any atom is -0.484 e. The molecule has 3 fully saturated rings. The number of fused-ring (bicyclic) bond motifs is 1. The molecular formula is C24H19F4NO5. The van der Waals surface area contributed by atoms with Crippen LogP contribution in [0.5, 0.6) is 11.5 Å². The zero-order chi connectivity index (χ0) is 24.3. The summed E-state index contributed by atoms with van der Waals surface area (Å²) >= 11 is 0. The molecule has 2 bridgehead atoms. The van der Waals surface area contributed by atoms with Gasteiger partial charge in [0.05, 0.1) is 12.0 Å². The smallest absolute Gasteiger partial charge is 0.258 e. The minimum atomic E-state index is -1.16. The second-order valence-electron chi connectivity index (χ2n) is 9.36. The molecule has 1 heterocycles. The van der Waals surface area contributed by atoms with Crippen molar-refractivity contribution in [3.05, 3.63) is 59.2 Å². The molecule has 0 radical (unpaired) electrons. The van der Waals surface area contributed by atoms with E-state index in [1.54, 1.807) is 0 Å². The van der Waals surface area contributed by atoms with Crippen molar-refractivity contribution in [2.45, 2.75) is 43.7 Å². The molecule has 0 aromatic heterocycles. The summed E-state index contributed by atoms with van der Waals surface area (Å²) in [5, 5.41) is 2.86. The first-order valence-corrected chi connectivity index (χ1v) is 10.7. The van der Waals surface area contributed by atoms with Crippen LogP contribution in [0.1, 0.15) is 42.5 Å². The number of hydrogen-bond acceptors (Lipinski definition) is 5. The quantitative estimate of drug-likeness (QED) is 0.616. The number of amides is 1. The van der Waals surface area contributed by atoms with Crippen molar-refractivity contribution in [3.63, 3.8) is 0 Å². The Morgan fingerprint density at radius 3 is 2.38 bits per heavy atom. The summed E-state index contributed by atoms with van der Waals surface area (Å²) in [4.78, 5) is 37.2. The van der Waals surface area contributed by atoms with Crippen LogP contribution in [-0.4, -0.2) is 35.7 Å². The highest BCUT2D eigenvalue weighted by molar-refractivity contribution is 6.03. The fraction of sp³-hybridized carbons (Fsp3) is 0.375. The molecule has 34 heavy (non-hydrogen) atoms. The van der Waals surface area contributed by atoms with Gasteiger partial charge in [-0.1, -0.05) is 0 Å². The van der Waals surface area contributed by atoms with Gasteiger partial charge in [0.1, 0.15) is 11.5 Å². The Morgan fingerprint density at radius 2 is 1.68 bits per heavy atom. The molecule has 3 aliphatic carbocycles. The van der Waals surface area contributed by atoms with E-state index in [1.807, 2.05) is 0 Å². The SMILES string of the molecule is O=C(COc1ccc(F)c(F)c1)NC12CC(CC(=O)[C@@H]3CC(=O)c4cc(F)c(F)cc4O3)(C1)C2. The van der Waals surface area contributed by atoms with E-state index in [-0.39, 0.29) is 47.7 Å². The van der Waals surface area contributed by atoms with Crippen molar-refractivity contribution < 1.29 is 41.4 Å². The van der Waals surface area contributed by atoms with Crippen molar-refractivity contribution >= 4 is 17.5 Å². The molecular weight excluding hydrogens is 458 g/mol. The molecule has 0 spiro atoms. The van der Waals surface area contributed by atoms with Gasteiger partial charge in [0, 0.05) is 24.1 Å². The summed E-state index contributed by atoms with van der Waals surface area (Å²) in [6.45, 7) is -0.368. The number of hydrogen-bond donors (Lipinski definition) is 1. The van der Waals surface area contributed by atoms with Crippen molar-refractivity contribution in [1.29, 1.82) is 0 Å². The van der Waals surface area contributed by atoms with Gasteiger partial charge in [-0.15, -0.1) is 0 Å². The van der Waals surface area contributed by atoms with E-state index in [2.05, 4.69) is 5.32 Å². The van der Waals surface area contributed by atoms with Gasteiger partial charge in [-0.05, 0) is 42.9 Å². The van der Waals surface area contributed by atoms with Crippen LogP contribution in [0.2, 0.25) is 0 Å². The van der Waals surface area contributed by atoms with Gasteiger partial charge in [-0.2, -0.15) is 0 Å². The summed E-state index contributed by atoms with van der Waals surface area (Å²) < 4.78 is 63.8. The van der Waals surface area contributed by atoms with Crippen LogP contribution < -0.4 is 14.8 Å². The van der Waals surface area contributed by atoms with Gasteiger partial charge in [0.15, 0.2) is 47.5 Å². The Balaban J connectivity index is 1.11. The van der Waals surface area contributed by atoms with Crippen LogP contribution in [-0.2, 0) is 9.59 Å². The number of Topliss-reactive ketones (excluding diaryl/α,β-unsaturated/α-hetero) is 2. The standard InChI is InChI=1S/C24H19F4NO5/c25-14-2-1-12(3-15(14)26)33-8-22(32)29-24-9-23(10-24,11-24)7-19(31)21-6-18(30)13-4-16(27)17(28)5-20(13)34-21/h1-5,21H,6-11H2,(H,29,32)/t21-,23?,24?/m0/s1. The second-order valence-corrected chi connectivity index (χ2v) is 9.36. The van der Waals surface area contributed by atoms with Crippen LogP contribution in [0.3, 0.4) is 0 Å². The Bertz CT molecular complexity index is 1210. The summed E-state index contributed by atoms with van der Waals surface area (Å²) in [6.07, 6.45) is 0.552. The lowest BCUT2D eigenvalue weighted by Gasteiger charge is -2.70. The number of carbonyl (C=O) groups excluding carboxylic acids is 3. The maximum Gasteiger partial charge on any atom is 0.258 e. The molecule has 6 nitrogen and oxygen atoms in total. The first-order chi connectivity index (χ1) is 16.1. The lowest BCUT2D eigenvalue weighted by molar-refractivity contribution is -0.175. The Morgan fingerprint density at radius 1 is 1.00 bits per heavy atom. The molecule has 2 aromatic rings. The molecule has 10 heteroatoms. The first-order valence-electron chi connectivity index (χ1n) is 10.7. The van der Waals surface area contributed by atoms with E-state index >= 15 is 0 Å². The van der Waals surface area contributed by atoms with E-state index in [4.69, 9.17) is 9.47 Å². The van der Waals surface area contributed by atoms with Gasteiger partial charge in [0.25, 0.3) is 5.91 Å². The van der Waals surface area contributed by atoms with Gasteiger partial charge in [-0.25, -0.2) is 17.6 Å². The Labute approximate surface area is 191 Å². The lowest BCUT2D eigenvalue weighted by Crippen LogP contribution is -2.75. The molecule has 4 aliphatic rings. The van der Waals surface area contributed by atoms with E-state index in [0.717, 1.165) is 24.3 Å². The largest absolute Gasteiger partial charge is 0.484 e. The van der Waals surface area contributed by atoms with Crippen molar-refractivity contribution in [1.82, 2.24) is 5.32 Å². The van der Waals surface area contributed by atoms with Crippen LogP contribution in [0.4, 0.5) is 17.6 Å². The average Bonchev–Trinajstić information content (AvgIpc) is 2.73. The summed E-state index contributed by atoms with van der Waals surface area (Å²) in [6, 6.07) is 4.52. The normalized spacial score (nSPS) is 26.5. The fourth-order valence-electron chi connectivity index (χ4n) is 5.35. The molecule has 1 aliphatic heterocycles. The van der Waals surface area contributed by atoms with Crippen molar-refractivity contribution in [3.8, 4) is 11.5 Å². The van der Waals surface area contributed by atoms with Crippen LogP contribution in [0.25, 0.3) is 0 Å². The second kappa shape index (κ2) is 7.82.